The number of rotatable bonds is 8. The van der Waals surface area contributed by atoms with Crippen molar-refractivity contribution < 1.29 is 9.84 Å². The lowest BCUT2D eigenvalue weighted by Crippen LogP contribution is -2.21. The number of aliphatic hydroxyl groups is 1. The minimum Gasteiger partial charge on any atom is -0.492 e. The van der Waals surface area contributed by atoms with Gasteiger partial charge in [0, 0.05) is 54.9 Å². The number of nitrogens with zero attached hydrogens (tertiary/aromatic N) is 5. The third-order valence-electron chi connectivity index (χ3n) is 5.48. The maximum Gasteiger partial charge on any atom is 0.180 e. The zero-order valence-electron chi connectivity index (χ0n) is 18.5. The van der Waals surface area contributed by atoms with Gasteiger partial charge in [-0.2, -0.15) is 5.10 Å². The van der Waals surface area contributed by atoms with Gasteiger partial charge in [-0.25, -0.2) is 9.97 Å². The average molecular weight is 444 g/mol. The first kappa shape index (κ1) is 20.8. The first-order valence-corrected chi connectivity index (χ1v) is 10.8. The van der Waals surface area contributed by atoms with E-state index in [4.69, 9.17) is 9.72 Å². The van der Waals surface area contributed by atoms with Crippen LogP contribution in [0.15, 0.2) is 61.2 Å². The highest BCUT2D eigenvalue weighted by molar-refractivity contribution is 5.84. The Kier molecular flexibility index (Phi) is 5.54. The fourth-order valence-corrected chi connectivity index (χ4v) is 3.84. The molecule has 3 aromatic heterocycles. The Morgan fingerprint density at radius 3 is 2.97 bits per heavy atom. The van der Waals surface area contributed by atoms with Gasteiger partial charge in [0.1, 0.15) is 5.75 Å². The number of H-pyrrole nitrogens is 1. The molecule has 0 aliphatic heterocycles. The highest BCUT2D eigenvalue weighted by atomic mass is 16.5. The largest absolute Gasteiger partial charge is 0.492 e. The lowest BCUT2D eigenvalue weighted by atomic mass is 10.1. The molecule has 33 heavy (non-hydrogen) atoms. The molecule has 0 radical (unpaired) electrons. The fourth-order valence-electron chi connectivity index (χ4n) is 3.84. The smallest absolute Gasteiger partial charge is 0.180 e. The second kappa shape index (κ2) is 8.79. The van der Waals surface area contributed by atoms with Crippen molar-refractivity contribution in [3.05, 3.63) is 61.2 Å². The van der Waals surface area contributed by atoms with Gasteiger partial charge < -0.3 is 24.5 Å². The lowest BCUT2D eigenvalue weighted by molar-refractivity contribution is 0.302. The van der Waals surface area contributed by atoms with Crippen LogP contribution in [-0.4, -0.2) is 56.5 Å². The highest BCUT2D eigenvalue weighted by Crippen LogP contribution is 2.33. The second-order valence-electron chi connectivity index (χ2n) is 7.69. The van der Waals surface area contributed by atoms with Crippen LogP contribution in [0.4, 0.5) is 17.2 Å². The van der Waals surface area contributed by atoms with E-state index < -0.39 is 0 Å². The van der Waals surface area contributed by atoms with Crippen LogP contribution in [0.2, 0.25) is 0 Å². The minimum absolute atomic E-state index is 0.0704. The van der Waals surface area contributed by atoms with Crippen LogP contribution in [0.3, 0.4) is 0 Å². The predicted octanol–water partition coefficient (Wildman–Crippen LogP) is 3.84. The maximum absolute atomic E-state index is 9.30. The summed E-state index contributed by atoms with van der Waals surface area (Å²) in [4.78, 5) is 11.3. The van der Waals surface area contributed by atoms with E-state index in [0.717, 1.165) is 44.9 Å². The van der Waals surface area contributed by atoms with E-state index in [2.05, 4.69) is 20.5 Å². The maximum atomic E-state index is 9.30. The molecule has 0 atom stereocenters. The monoisotopic (exact) mass is 443 g/mol. The Morgan fingerprint density at radius 1 is 1.21 bits per heavy atom. The topological polar surface area (TPSA) is 104 Å². The molecule has 2 aromatic carbocycles. The molecule has 5 rings (SSSR count). The van der Waals surface area contributed by atoms with Gasteiger partial charge in [-0.3, -0.25) is 5.10 Å². The minimum atomic E-state index is 0.0704. The zero-order chi connectivity index (χ0) is 22.8. The van der Waals surface area contributed by atoms with Crippen molar-refractivity contribution in [2.75, 3.05) is 37.0 Å². The van der Waals surface area contributed by atoms with Crippen LogP contribution >= 0.6 is 0 Å². The van der Waals surface area contributed by atoms with Crippen LogP contribution in [0.5, 0.6) is 5.75 Å². The first-order valence-electron chi connectivity index (χ1n) is 10.8. The van der Waals surface area contributed by atoms with Gasteiger partial charge in [0.05, 0.1) is 36.3 Å². The molecule has 0 aliphatic rings. The third kappa shape index (κ3) is 4.06. The molecule has 168 valence electrons. The summed E-state index contributed by atoms with van der Waals surface area (Å²) in [6.45, 7) is 3.08. The lowest BCUT2D eigenvalue weighted by Gasteiger charge is -2.22. The molecule has 3 heterocycles. The van der Waals surface area contributed by atoms with E-state index >= 15 is 0 Å². The summed E-state index contributed by atoms with van der Waals surface area (Å²) in [5, 5.41) is 20.9. The SMILES string of the molecule is CCOc1cc(Nc2nc(-c3ccc4cn[nH]c4c3)cn3ccnc23)ccc1N(C)CCO. The Hall–Kier alpha value is -4.11. The molecule has 0 saturated carbocycles. The van der Waals surface area contributed by atoms with Crippen molar-refractivity contribution >= 4 is 33.7 Å². The molecule has 3 N–H and O–H groups in total. The van der Waals surface area contributed by atoms with E-state index in [-0.39, 0.29) is 6.61 Å². The van der Waals surface area contributed by atoms with Gasteiger partial charge >= 0.3 is 0 Å². The van der Waals surface area contributed by atoms with Crippen LogP contribution in [-0.2, 0) is 0 Å². The number of aromatic amines is 1. The van der Waals surface area contributed by atoms with Crippen LogP contribution in [0, 0.1) is 0 Å². The number of hydrogen-bond acceptors (Lipinski definition) is 7. The molecular formula is C24H25N7O2. The molecule has 9 nitrogen and oxygen atoms in total. The molecule has 0 saturated heterocycles. The van der Waals surface area contributed by atoms with Crippen molar-refractivity contribution in [1.29, 1.82) is 0 Å². The number of anilines is 3. The van der Waals surface area contributed by atoms with E-state index in [1.165, 1.54) is 0 Å². The van der Waals surface area contributed by atoms with E-state index in [1.807, 2.05) is 72.1 Å². The number of aliphatic hydroxyl groups excluding tert-OH is 1. The van der Waals surface area contributed by atoms with Crippen molar-refractivity contribution in [3.63, 3.8) is 0 Å². The van der Waals surface area contributed by atoms with Crippen molar-refractivity contribution in [2.24, 2.45) is 0 Å². The third-order valence-corrected chi connectivity index (χ3v) is 5.48. The summed E-state index contributed by atoms with van der Waals surface area (Å²) in [5.41, 5.74) is 5.21. The Balaban J connectivity index is 1.53. The number of fused-ring (bicyclic) bond motifs is 2. The summed E-state index contributed by atoms with van der Waals surface area (Å²) >= 11 is 0. The van der Waals surface area contributed by atoms with Crippen LogP contribution in [0.1, 0.15) is 6.92 Å². The summed E-state index contributed by atoms with van der Waals surface area (Å²) in [7, 11) is 1.93. The molecule has 0 unspecified atom stereocenters. The number of aromatic nitrogens is 5. The standard InChI is InChI=1S/C24H25N7O2/c1-3-33-22-13-18(6-7-21(22)30(2)10-11-32)27-23-24-25-8-9-31(24)15-20(28-23)16-4-5-17-14-26-29-19(17)12-16/h4-9,12-15,32H,3,10-11H2,1-2H3,(H,26,29)(H,27,28). The molecule has 9 heteroatoms. The van der Waals surface area contributed by atoms with Gasteiger partial charge in [-0.1, -0.05) is 12.1 Å². The predicted molar refractivity (Wildman–Crippen MR) is 129 cm³/mol. The van der Waals surface area contributed by atoms with Crippen molar-refractivity contribution in [2.45, 2.75) is 6.92 Å². The molecule has 0 amide bonds. The normalized spacial score (nSPS) is 11.2. The first-order chi connectivity index (χ1) is 16.2. The Bertz CT molecular complexity index is 1410. The second-order valence-corrected chi connectivity index (χ2v) is 7.69. The molecule has 0 aliphatic carbocycles. The van der Waals surface area contributed by atoms with Gasteiger partial charge in [-0.05, 0) is 25.1 Å². The number of benzene rings is 2. The highest BCUT2D eigenvalue weighted by Gasteiger charge is 2.13. The Labute approximate surface area is 190 Å². The number of likely N-dealkylation sites (N-methyl/N-ethyl adjacent to an activating group) is 1. The zero-order valence-corrected chi connectivity index (χ0v) is 18.5. The van der Waals surface area contributed by atoms with Crippen LogP contribution < -0.4 is 15.0 Å². The van der Waals surface area contributed by atoms with E-state index in [9.17, 15) is 5.11 Å². The van der Waals surface area contributed by atoms with Gasteiger partial charge in [0.15, 0.2) is 11.5 Å². The van der Waals surface area contributed by atoms with Gasteiger partial charge in [0.2, 0.25) is 0 Å². The number of imidazole rings is 1. The molecule has 0 spiro atoms. The summed E-state index contributed by atoms with van der Waals surface area (Å²) in [6.07, 6.45) is 7.42. The summed E-state index contributed by atoms with van der Waals surface area (Å²) in [5.74, 6) is 1.37. The molecule has 0 fully saturated rings. The van der Waals surface area contributed by atoms with Gasteiger partial charge in [-0.15, -0.1) is 0 Å². The van der Waals surface area contributed by atoms with Crippen molar-refractivity contribution in [3.8, 4) is 17.0 Å². The molecular weight excluding hydrogens is 418 g/mol. The number of ether oxygens (including phenoxy) is 1. The average Bonchev–Trinajstić information content (AvgIpc) is 3.48. The van der Waals surface area contributed by atoms with Crippen LogP contribution in [0.25, 0.3) is 27.8 Å². The Morgan fingerprint density at radius 2 is 2.12 bits per heavy atom. The quantitative estimate of drug-likeness (QED) is 0.335. The fraction of sp³-hybridized carbons (Fsp3) is 0.208. The molecule has 5 aromatic rings. The molecule has 0 bridgehead atoms. The van der Waals surface area contributed by atoms with E-state index in [0.29, 0.717) is 19.0 Å². The number of hydrogen-bond donors (Lipinski definition) is 3. The van der Waals surface area contributed by atoms with Crippen molar-refractivity contribution in [1.82, 2.24) is 24.6 Å². The summed E-state index contributed by atoms with van der Waals surface area (Å²) < 4.78 is 7.82. The van der Waals surface area contributed by atoms with E-state index in [1.54, 1.807) is 12.4 Å². The number of nitrogens with one attached hydrogen (secondary N) is 2. The van der Waals surface area contributed by atoms with Gasteiger partial charge in [0.25, 0.3) is 0 Å². The summed E-state index contributed by atoms with van der Waals surface area (Å²) in [6, 6.07) is 12.0.